The third-order valence-corrected chi connectivity index (χ3v) is 3.79. The Morgan fingerprint density at radius 1 is 1.08 bits per heavy atom. The number of nitrogen functional groups attached to an aromatic ring is 1. The second-order valence-electron chi connectivity index (χ2n) is 5.96. The summed E-state index contributed by atoms with van der Waals surface area (Å²) in [6.07, 6.45) is 1.63. The molecule has 0 aromatic heterocycles. The van der Waals surface area contributed by atoms with Gasteiger partial charge in [0.25, 0.3) is 5.91 Å². The van der Waals surface area contributed by atoms with Gasteiger partial charge in [-0.25, -0.2) is 0 Å². The van der Waals surface area contributed by atoms with Gasteiger partial charge in [-0.05, 0) is 48.7 Å². The second-order valence-corrected chi connectivity index (χ2v) is 5.96. The first-order valence-electron chi connectivity index (χ1n) is 8.68. The van der Waals surface area contributed by atoms with E-state index in [1.807, 2.05) is 26.0 Å². The molecule has 2 rings (SSSR count). The van der Waals surface area contributed by atoms with Gasteiger partial charge in [0, 0.05) is 23.9 Å². The van der Waals surface area contributed by atoms with Crippen LogP contribution in [0.4, 0.5) is 17.1 Å². The van der Waals surface area contributed by atoms with Gasteiger partial charge in [-0.15, -0.1) is 0 Å². The zero-order chi connectivity index (χ0) is 19.1. The van der Waals surface area contributed by atoms with Gasteiger partial charge in [0.2, 0.25) is 5.91 Å². The van der Waals surface area contributed by atoms with E-state index in [-0.39, 0.29) is 11.8 Å². The first-order chi connectivity index (χ1) is 12.4. The lowest BCUT2D eigenvalue weighted by Gasteiger charge is -2.13. The highest BCUT2D eigenvalue weighted by Gasteiger charge is 2.12. The van der Waals surface area contributed by atoms with Gasteiger partial charge >= 0.3 is 0 Å². The zero-order valence-electron chi connectivity index (χ0n) is 15.4. The van der Waals surface area contributed by atoms with Gasteiger partial charge in [0.15, 0.2) is 0 Å². The average molecular weight is 355 g/mol. The maximum Gasteiger partial charge on any atom is 0.255 e. The topological polar surface area (TPSA) is 93.5 Å². The summed E-state index contributed by atoms with van der Waals surface area (Å²) < 4.78 is 5.53. The fourth-order valence-electron chi connectivity index (χ4n) is 2.51. The van der Waals surface area contributed by atoms with Crippen molar-refractivity contribution in [1.29, 1.82) is 0 Å². The smallest absolute Gasteiger partial charge is 0.255 e. The molecule has 0 atom stereocenters. The first-order valence-corrected chi connectivity index (χ1v) is 8.68. The van der Waals surface area contributed by atoms with Crippen molar-refractivity contribution >= 4 is 28.9 Å². The molecule has 0 fully saturated rings. The maximum absolute atomic E-state index is 12.6. The van der Waals surface area contributed by atoms with Crippen LogP contribution in [0.3, 0.4) is 0 Å². The third-order valence-electron chi connectivity index (χ3n) is 3.79. The van der Waals surface area contributed by atoms with Crippen LogP contribution in [0.15, 0.2) is 36.4 Å². The molecule has 2 aromatic carbocycles. The monoisotopic (exact) mass is 355 g/mol. The minimum Gasteiger partial charge on any atom is -0.491 e. The molecule has 0 unspecified atom stereocenters. The molecule has 0 radical (unpaired) electrons. The lowest BCUT2D eigenvalue weighted by molar-refractivity contribution is -0.114. The van der Waals surface area contributed by atoms with Crippen molar-refractivity contribution in [2.24, 2.45) is 0 Å². The van der Waals surface area contributed by atoms with Crippen LogP contribution in [-0.2, 0) is 11.2 Å². The number of rotatable bonds is 7. The molecule has 0 bridgehead atoms. The molecule has 4 N–H and O–H groups in total. The van der Waals surface area contributed by atoms with Crippen LogP contribution in [0.25, 0.3) is 0 Å². The quantitative estimate of drug-likeness (QED) is 0.658. The SMILES string of the molecule is CCCOc1ccc(C(=O)Nc2cc(NC(C)=O)ccc2CC)cc1N. The van der Waals surface area contributed by atoms with E-state index in [1.54, 1.807) is 24.3 Å². The van der Waals surface area contributed by atoms with Gasteiger partial charge in [-0.2, -0.15) is 0 Å². The number of carbonyl (C=O) groups is 2. The van der Waals surface area contributed by atoms with E-state index in [1.165, 1.54) is 6.92 Å². The maximum atomic E-state index is 12.6. The van der Waals surface area contributed by atoms with Crippen molar-refractivity contribution in [3.63, 3.8) is 0 Å². The van der Waals surface area contributed by atoms with Crippen molar-refractivity contribution < 1.29 is 14.3 Å². The van der Waals surface area contributed by atoms with Crippen molar-refractivity contribution in [2.45, 2.75) is 33.6 Å². The van der Waals surface area contributed by atoms with Gasteiger partial charge < -0.3 is 21.1 Å². The number of amides is 2. The highest BCUT2D eigenvalue weighted by Crippen LogP contribution is 2.25. The Hall–Kier alpha value is -3.02. The fourth-order valence-corrected chi connectivity index (χ4v) is 2.51. The molecular formula is C20H25N3O3. The van der Waals surface area contributed by atoms with Crippen molar-refractivity contribution in [3.05, 3.63) is 47.5 Å². The van der Waals surface area contributed by atoms with Crippen molar-refractivity contribution in [2.75, 3.05) is 23.0 Å². The third kappa shape index (κ3) is 4.99. The minimum absolute atomic E-state index is 0.165. The molecule has 26 heavy (non-hydrogen) atoms. The number of hydrogen-bond acceptors (Lipinski definition) is 4. The van der Waals surface area contributed by atoms with Crippen LogP contribution < -0.4 is 21.1 Å². The van der Waals surface area contributed by atoms with Crippen LogP contribution >= 0.6 is 0 Å². The Bertz CT molecular complexity index is 803. The summed E-state index contributed by atoms with van der Waals surface area (Å²) in [5.74, 6) is 0.140. The van der Waals surface area contributed by atoms with Gasteiger partial charge in [-0.1, -0.05) is 19.9 Å². The molecule has 0 aliphatic carbocycles. The van der Waals surface area contributed by atoms with Gasteiger partial charge in [0.1, 0.15) is 5.75 Å². The molecule has 0 spiro atoms. The molecule has 0 aliphatic rings. The summed E-state index contributed by atoms with van der Waals surface area (Å²) in [6, 6.07) is 10.4. The van der Waals surface area contributed by atoms with Gasteiger partial charge in [0.05, 0.1) is 12.3 Å². The van der Waals surface area contributed by atoms with E-state index < -0.39 is 0 Å². The van der Waals surface area contributed by atoms with Crippen LogP contribution in [-0.4, -0.2) is 18.4 Å². The molecule has 0 heterocycles. The average Bonchev–Trinajstić information content (AvgIpc) is 2.60. The van der Waals surface area contributed by atoms with Crippen LogP contribution in [0.5, 0.6) is 5.75 Å². The number of ether oxygens (including phenoxy) is 1. The number of nitrogens with one attached hydrogen (secondary N) is 2. The van der Waals surface area contributed by atoms with E-state index in [2.05, 4.69) is 10.6 Å². The number of carbonyl (C=O) groups excluding carboxylic acids is 2. The van der Waals surface area contributed by atoms with E-state index >= 15 is 0 Å². The Morgan fingerprint density at radius 2 is 1.85 bits per heavy atom. The number of hydrogen-bond donors (Lipinski definition) is 3. The summed E-state index contributed by atoms with van der Waals surface area (Å²) in [5, 5.41) is 5.61. The predicted molar refractivity (Wildman–Crippen MR) is 105 cm³/mol. The van der Waals surface area contributed by atoms with Crippen molar-refractivity contribution in [1.82, 2.24) is 0 Å². The molecule has 2 aromatic rings. The van der Waals surface area contributed by atoms with Crippen LogP contribution in [0, 0.1) is 0 Å². The minimum atomic E-state index is -0.270. The summed E-state index contributed by atoms with van der Waals surface area (Å²) in [6.45, 7) is 6.03. The van der Waals surface area contributed by atoms with E-state index in [4.69, 9.17) is 10.5 Å². The molecule has 0 saturated carbocycles. The van der Waals surface area contributed by atoms with E-state index in [9.17, 15) is 9.59 Å². The summed E-state index contributed by atoms with van der Waals surface area (Å²) in [5.41, 5.74) is 9.11. The number of benzene rings is 2. The fraction of sp³-hybridized carbons (Fsp3) is 0.300. The molecule has 6 nitrogen and oxygen atoms in total. The second kappa shape index (κ2) is 8.89. The molecule has 2 amide bonds. The summed E-state index contributed by atoms with van der Waals surface area (Å²) in [7, 11) is 0. The predicted octanol–water partition coefficient (Wildman–Crippen LogP) is 3.83. The molecule has 0 saturated heterocycles. The van der Waals surface area contributed by atoms with Crippen LogP contribution in [0.2, 0.25) is 0 Å². The Morgan fingerprint density at radius 3 is 2.46 bits per heavy atom. The highest BCUT2D eigenvalue weighted by molar-refractivity contribution is 6.05. The largest absolute Gasteiger partial charge is 0.491 e. The summed E-state index contributed by atoms with van der Waals surface area (Å²) >= 11 is 0. The Labute approximate surface area is 153 Å². The zero-order valence-corrected chi connectivity index (χ0v) is 15.4. The molecule has 0 aliphatic heterocycles. The molecule has 138 valence electrons. The Kier molecular flexibility index (Phi) is 6.60. The van der Waals surface area contributed by atoms with Gasteiger partial charge in [-0.3, -0.25) is 9.59 Å². The lowest BCUT2D eigenvalue weighted by Crippen LogP contribution is -2.14. The summed E-state index contributed by atoms with van der Waals surface area (Å²) in [4.78, 5) is 23.8. The highest BCUT2D eigenvalue weighted by atomic mass is 16.5. The standard InChI is InChI=1S/C20H25N3O3/c1-4-10-26-19-9-7-15(11-17(19)21)20(25)23-18-12-16(22-13(3)24)8-6-14(18)5-2/h6-9,11-12H,4-5,10,21H2,1-3H3,(H,22,24)(H,23,25). The van der Waals surface area contributed by atoms with Crippen molar-refractivity contribution in [3.8, 4) is 5.75 Å². The molecular weight excluding hydrogens is 330 g/mol. The first kappa shape index (κ1) is 19.3. The molecule has 6 heteroatoms. The normalized spacial score (nSPS) is 10.3. The number of aryl methyl sites for hydroxylation is 1. The Balaban J connectivity index is 2.20. The van der Waals surface area contributed by atoms with E-state index in [0.717, 1.165) is 18.4 Å². The number of anilines is 3. The number of nitrogens with two attached hydrogens (primary N) is 1. The van der Waals surface area contributed by atoms with Crippen LogP contribution in [0.1, 0.15) is 43.1 Å². The lowest BCUT2D eigenvalue weighted by atomic mass is 10.1. The van der Waals surface area contributed by atoms with E-state index in [0.29, 0.717) is 35.0 Å².